The predicted octanol–water partition coefficient (Wildman–Crippen LogP) is 0.955. The molecule has 1 aliphatic carbocycles. The Bertz CT molecular complexity index is 1390. The number of hydrogen-bond acceptors (Lipinski definition) is 14. The summed E-state index contributed by atoms with van der Waals surface area (Å²) >= 11 is 2.79. The van der Waals surface area contributed by atoms with Gasteiger partial charge < -0.3 is 47.2 Å². The Kier molecular flexibility index (Phi) is 10.4. The van der Waals surface area contributed by atoms with Gasteiger partial charge in [0.25, 0.3) is 0 Å². The number of ether oxygens (including phenoxy) is 1. The van der Waals surface area contributed by atoms with Crippen LogP contribution in [0.15, 0.2) is 27.6 Å². The normalized spacial score (nSPS) is 21.7. The van der Waals surface area contributed by atoms with Crippen LogP contribution in [0.2, 0.25) is 0 Å². The summed E-state index contributed by atoms with van der Waals surface area (Å²) in [6.07, 6.45) is 4.57. The first-order valence-electron chi connectivity index (χ1n) is 14.5. The van der Waals surface area contributed by atoms with Crippen LogP contribution in [0.4, 0.5) is 10.8 Å². The van der Waals surface area contributed by atoms with Crippen LogP contribution in [0.25, 0.3) is 20.7 Å². The van der Waals surface area contributed by atoms with Crippen LogP contribution in [0.1, 0.15) is 32.6 Å². The highest BCUT2D eigenvalue weighted by Crippen LogP contribution is 2.38. The van der Waals surface area contributed by atoms with E-state index in [2.05, 4.69) is 30.5 Å². The fourth-order valence-electron chi connectivity index (χ4n) is 5.56. The Morgan fingerprint density at radius 3 is 2.74 bits per heavy atom. The van der Waals surface area contributed by atoms with E-state index in [-0.39, 0.29) is 17.5 Å². The summed E-state index contributed by atoms with van der Waals surface area (Å²) in [4.78, 5) is 28.5. The molecule has 1 saturated carbocycles. The molecule has 15 heteroatoms. The van der Waals surface area contributed by atoms with Crippen molar-refractivity contribution in [3.05, 3.63) is 28.6 Å². The number of rotatable bonds is 13. The predicted molar refractivity (Wildman–Crippen MR) is 168 cm³/mol. The van der Waals surface area contributed by atoms with Crippen LogP contribution in [0.5, 0.6) is 0 Å². The number of anilines is 2. The van der Waals surface area contributed by atoms with Crippen LogP contribution >= 0.6 is 22.9 Å². The third-order valence-corrected chi connectivity index (χ3v) is 9.87. The van der Waals surface area contributed by atoms with Gasteiger partial charge in [-0.3, -0.25) is 14.9 Å². The molecule has 5 rings (SSSR count). The maximum absolute atomic E-state index is 12.9. The summed E-state index contributed by atoms with van der Waals surface area (Å²) in [5.74, 6) is -0.782. The van der Waals surface area contributed by atoms with E-state index in [4.69, 9.17) is 26.4 Å². The minimum Gasteiger partial charge on any atom is -0.459 e. The molecule has 42 heavy (non-hydrogen) atoms. The summed E-state index contributed by atoms with van der Waals surface area (Å²) in [7, 11) is 0. The van der Waals surface area contributed by atoms with E-state index in [9.17, 15) is 9.59 Å². The first kappa shape index (κ1) is 30.8. The standard InChI is InChI=1S/C27H41N9O4S2/c1-2-31-25(29)22(26(30)38)27(33-14-32-17-6-4-3-5-16(17)28)34-20-12-19(42-35-20)15-13-40-23-18(37)11-21(41-24(15)23)36-7-9-39-10-8-36/h11-13,16-17,22,25,27,31-33H,2-10,14,28-29H2,1H3,(H2,30,38)(H,34,35)/t16-,17+,22?,25?,27?/m1/s1. The lowest BCUT2D eigenvalue weighted by atomic mass is 9.91. The zero-order valence-corrected chi connectivity index (χ0v) is 25.4. The SMILES string of the molecule is CCNC(N)C(C(N)=O)C(NCN[C@H]1CCCC[C@H]1N)Nc1cc(-c2coc3c(=O)cc(N4CCOCC4)sc23)sn1. The maximum Gasteiger partial charge on any atom is 0.226 e. The largest absolute Gasteiger partial charge is 0.459 e. The molecule has 13 nitrogen and oxygen atoms in total. The van der Waals surface area contributed by atoms with Crippen molar-refractivity contribution >= 4 is 49.9 Å². The molecular weight excluding hydrogens is 578 g/mol. The molecular formula is C27H41N9O4S2. The highest BCUT2D eigenvalue weighted by atomic mass is 32.1. The molecule has 1 saturated heterocycles. The van der Waals surface area contributed by atoms with Gasteiger partial charge in [-0.25, -0.2) is 0 Å². The van der Waals surface area contributed by atoms with Crippen molar-refractivity contribution < 1.29 is 13.9 Å². The average molecular weight is 620 g/mol. The van der Waals surface area contributed by atoms with Gasteiger partial charge in [0, 0.05) is 49.5 Å². The molecule has 0 radical (unpaired) electrons. The second-order valence-electron chi connectivity index (χ2n) is 10.7. The summed E-state index contributed by atoms with van der Waals surface area (Å²) in [5.41, 5.74) is 19.5. The molecule has 10 N–H and O–H groups in total. The summed E-state index contributed by atoms with van der Waals surface area (Å²) in [6, 6.07) is 3.79. The number of fused-ring (bicyclic) bond motifs is 1. The number of nitrogens with one attached hydrogen (secondary N) is 4. The van der Waals surface area contributed by atoms with Crippen molar-refractivity contribution in [2.75, 3.05) is 49.7 Å². The van der Waals surface area contributed by atoms with Crippen molar-refractivity contribution in [1.82, 2.24) is 20.3 Å². The zero-order valence-electron chi connectivity index (χ0n) is 23.8. The van der Waals surface area contributed by atoms with Gasteiger partial charge in [-0.2, -0.15) is 4.37 Å². The van der Waals surface area contributed by atoms with E-state index in [1.807, 2.05) is 13.0 Å². The van der Waals surface area contributed by atoms with E-state index >= 15 is 0 Å². The summed E-state index contributed by atoms with van der Waals surface area (Å²) < 4.78 is 16.6. The Labute approximate surface area is 252 Å². The lowest BCUT2D eigenvalue weighted by molar-refractivity contribution is -0.123. The molecule has 2 aliphatic rings. The Morgan fingerprint density at radius 2 is 2.00 bits per heavy atom. The highest BCUT2D eigenvalue weighted by molar-refractivity contribution is 7.23. The second-order valence-corrected chi connectivity index (χ2v) is 12.5. The topological polar surface area (TPSA) is 199 Å². The van der Waals surface area contributed by atoms with Crippen LogP contribution in [0.3, 0.4) is 0 Å². The highest BCUT2D eigenvalue weighted by Gasteiger charge is 2.33. The molecule has 5 atom stereocenters. The first-order chi connectivity index (χ1) is 20.4. The fraction of sp³-hybridized carbons (Fsp3) is 0.593. The van der Waals surface area contributed by atoms with Crippen LogP contribution in [-0.2, 0) is 9.53 Å². The van der Waals surface area contributed by atoms with Gasteiger partial charge in [-0.15, -0.1) is 11.3 Å². The van der Waals surface area contributed by atoms with Crippen LogP contribution in [-0.4, -0.2) is 74.2 Å². The van der Waals surface area contributed by atoms with Gasteiger partial charge in [0.15, 0.2) is 5.58 Å². The number of morpholine rings is 1. The second kappa shape index (κ2) is 14.2. The van der Waals surface area contributed by atoms with E-state index in [1.165, 1.54) is 22.9 Å². The first-order valence-corrected chi connectivity index (χ1v) is 16.1. The molecule has 4 heterocycles. The van der Waals surface area contributed by atoms with E-state index in [0.29, 0.717) is 37.8 Å². The molecule has 0 spiro atoms. The molecule has 0 bridgehead atoms. The molecule has 1 amide bonds. The average Bonchev–Trinajstić information content (AvgIpc) is 3.62. The molecule has 230 valence electrons. The Morgan fingerprint density at radius 1 is 1.21 bits per heavy atom. The zero-order chi connectivity index (χ0) is 29.6. The van der Waals surface area contributed by atoms with Gasteiger partial charge in [-0.05, 0) is 30.9 Å². The molecule has 1 aliphatic heterocycles. The van der Waals surface area contributed by atoms with Gasteiger partial charge in [0.05, 0.1) is 46.0 Å². The maximum atomic E-state index is 12.9. The molecule has 3 aromatic rings. The Hall–Kier alpha value is -2.63. The lowest BCUT2D eigenvalue weighted by Crippen LogP contribution is -2.61. The number of nitrogens with two attached hydrogens (primary N) is 3. The number of aromatic nitrogens is 1. The number of amides is 1. The number of primary amides is 1. The van der Waals surface area contributed by atoms with Gasteiger partial charge in [0.1, 0.15) is 12.1 Å². The van der Waals surface area contributed by atoms with E-state index < -0.39 is 24.2 Å². The molecule has 3 unspecified atom stereocenters. The quantitative estimate of drug-likeness (QED) is 0.134. The van der Waals surface area contributed by atoms with Gasteiger partial charge in [0.2, 0.25) is 11.3 Å². The van der Waals surface area contributed by atoms with E-state index in [0.717, 1.165) is 58.9 Å². The number of carbonyl (C=O) groups is 1. The number of carbonyl (C=O) groups excluding carboxylic acids is 1. The summed E-state index contributed by atoms with van der Waals surface area (Å²) in [5, 5.41) is 14.2. The number of hydrogen-bond donors (Lipinski definition) is 7. The van der Waals surface area contributed by atoms with Crippen molar-refractivity contribution in [3.8, 4) is 10.4 Å². The third kappa shape index (κ3) is 7.11. The van der Waals surface area contributed by atoms with Crippen molar-refractivity contribution in [1.29, 1.82) is 0 Å². The molecule has 3 aromatic heterocycles. The van der Waals surface area contributed by atoms with Crippen molar-refractivity contribution in [2.24, 2.45) is 23.1 Å². The van der Waals surface area contributed by atoms with E-state index in [1.54, 1.807) is 12.3 Å². The monoisotopic (exact) mass is 619 g/mol. The van der Waals surface area contributed by atoms with Crippen LogP contribution < -0.4 is 48.8 Å². The van der Waals surface area contributed by atoms with Crippen LogP contribution in [0, 0.1) is 5.92 Å². The third-order valence-electron chi connectivity index (χ3n) is 7.85. The number of nitrogens with zero attached hydrogens (tertiary/aromatic N) is 2. The minimum absolute atomic E-state index is 0.0910. The smallest absolute Gasteiger partial charge is 0.226 e. The Balaban J connectivity index is 1.37. The van der Waals surface area contributed by atoms with Gasteiger partial charge in [-0.1, -0.05) is 19.8 Å². The van der Waals surface area contributed by atoms with Crippen molar-refractivity contribution in [3.63, 3.8) is 0 Å². The molecule has 2 fully saturated rings. The van der Waals surface area contributed by atoms with Crippen molar-refractivity contribution in [2.45, 2.75) is 57.0 Å². The fourth-order valence-corrected chi connectivity index (χ4v) is 7.54. The van der Waals surface area contributed by atoms with Gasteiger partial charge >= 0.3 is 0 Å². The molecule has 0 aromatic carbocycles. The minimum atomic E-state index is -0.784. The lowest BCUT2D eigenvalue weighted by Gasteiger charge is -2.33. The number of furan rings is 1. The summed E-state index contributed by atoms with van der Waals surface area (Å²) in [6.45, 7) is 5.62.